The van der Waals surface area contributed by atoms with Crippen molar-refractivity contribution in [1.29, 1.82) is 0 Å². The van der Waals surface area contributed by atoms with Crippen LogP contribution in [-0.4, -0.2) is 54.8 Å². The Kier molecular flexibility index (Phi) is 11.2. The number of nitrogens with one attached hydrogen (secondary N) is 1. The molecule has 5 nitrogen and oxygen atoms in total. The number of amides is 2. The minimum Gasteiger partial charge on any atom is -0.349 e. The second kappa shape index (κ2) is 12.9. The van der Waals surface area contributed by atoms with Gasteiger partial charge in [-0.2, -0.15) is 0 Å². The molecule has 148 valence electrons. The first kappa shape index (κ1) is 22.6. The van der Waals surface area contributed by atoms with E-state index in [1.807, 2.05) is 31.4 Å². The second-order valence-corrected chi connectivity index (χ2v) is 7.95. The van der Waals surface area contributed by atoms with Gasteiger partial charge in [0.1, 0.15) is 6.04 Å². The van der Waals surface area contributed by atoms with Crippen LogP contribution in [0.4, 0.5) is 0 Å². The van der Waals surface area contributed by atoms with E-state index in [1.165, 1.54) is 0 Å². The highest BCUT2D eigenvalue weighted by Crippen LogP contribution is 2.13. The quantitative estimate of drug-likeness (QED) is 0.532. The minimum absolute atomic E-state index is 0.0460. The molecule has 0 unspecified atom stereocenters. The Morgan fingerprint density at radius 2 is 1.92 bits per heavy atom. The third kappa shape index (κ3) is 8.32. The fourth-order valence-corrected chi connectivity index (χ4v) is 3.62. The molecule has 1 N–H and O–H groups in total. The van der Waals surface area contributed by atoms with Gasteiger partial charge in [0.15, 0.2) is 0 Å². The first-order valence-electron chi connectivity index (χ1n) is 9.73. The van der Waals surface area contributed by atoms with Crippen LogP contribution in [0.15, 0.2) is 17.5 Å². The summed E-state index contributed by atoms with van der Waals surface area (Å²) in [7, 11) is 4.13. The van der Waals surface area contributed by atoms with Gasteiger partial charge in [0.05, 0.1) is 6.54 Å². The largest absolute Gasteiger partial charge is 0.349 e. The molecule has 6 heteroatoms. The van der Waals surface area contributed by atoms with E-state index in [9.17, 15) is 9.59 Å². The molecule has 0 saturated heterocycles. The van der Waals surface area contributed by atoms with E-state index >= 15 is 0 Å². The molecule has 1 heterocycles. The van der Waals surface area contributed by atoms with Crippen molar-refractivity contribution in [2.75, 3.05) is 27.2 Å². The summed E-state index contributed by atoms with van der Waals surface area (Å²) in [4.78, 5) is 30.4. The molecule has 0 spiro atoms. The summed E-state index contributed by atoms with van der Waals surface area (Å²) in [6.07, 6.45) is 5.07. The van der Waals surface area contributed by atoms with Gasteiger partial charge in [0.25, 0.3) is 0 Å². The zero-order valence-corrected chi connectivity index (χ0v) is 17.6. The fourth-order valence-electron chi connectivity index (χ4n) is 2.97. The highest BCUT2D eigenvalue weighted by atomic mass is 32.1. The van der Waals surface area contributed by atoms with Crippen molar-refractivity contribution in [3.63, 3.8) is 0 Å². The molecule has 26 heavy (non-hydrogen) atoms. The zero-order valence-electron chi connectivity index (χ0n) is 16.8. The van der Waals surface area contributed by atoms with Gasteiger partial charge >= 0.3 is 0 Å². The number of hydrogen-bond acceptors (Lipinski definition) is 4. The Morgan fingerprint density at radius 3 is 2.50 bits per heavy atom. The smallest absolute Gasteiger partial charge is 0.243 e. The summed E-state index contributed by atoms with van der Waals surface area (Å²) in [5.41, 5.74) is 0. The Morgan fingerprint density at radius 1 is 1.15 bits per heavy atom. The first-order chi connectivity index (χ1) is 12.5. The summed E-state index contributed by atoms with van der Waals surface area (Å²) < 4.78 is 0. The van der Waals surface area contributed by atoms with Crippen LogP contribution in [0.3, 0.4) is 0 Å². The number of carbonyl (C=O) groups excluding carboxylic acids is 2. The Labute approximate surface area is 162 Å². The standard InChI is InChI=1S/C20H35N3O2S/c1-5-13-23(19(24)12-8-7-9-14-22(3)4)18(6-2)20(25)21-16-17-11-10-15-26-17/h10-11,15,18H,5-9,12-14,16H2,1-4H3,(H,21,25)/t18-/m0/s1. The zero-order chi connectivity index (χ0) is 19.4. The lowest BCUT2D eigenvalue weighted by molar-refractivity contribution is -0.140. The van der Waals surface area contributed by atoms with Crippen LogP contribution in [0.1, 0.15) is 57.2 Å². The van der Waals surface area contributed by atoms with E-state index in [2.05, 4.69) is 24.3 Å². The highest BCUT2D eigenvalue weighted by molar-refractivity contribution is 7.09. The third-order valence-electron chi connectivity index (χ3n) is 4.36. The topological polar surface area (TPSA) is 52.7 Å². The molecule has 1 rings (SSSR count). The highest BCUT2D eigenvalue weighted by Gasteiger charge is 2.27. The van der Waals surface area contributed by atoms with Gasteiger partial charge in [-0.15, -0.1) is 11.3 Å². The minimum atomic E-state index is -0.371. The van der Waals surface area contributed by atoms with E-state index in [1.54, 1.807) is 16.2 Å². The Hall–Kier alpha value is -1.40. The summed E-state index contributed by atoms with van der Waals surface area (Å²) in [6.45, 7) is 6.25. The maximum absolute atomic E-state index is 12.7. The average molecular weight is 382 g/mol. The maximum Gasteiger partial charge on any atom is 0.243 e. The van der Waals surface area contributed by atoms with Crippen LogP contribution >= 0.6 is 11.3 Å². The molecule has 0 aromatic carbocycles. The van der Waals surface area contributed by atoms with E-state index < -0.39 is 0 Å². The number of thiophene rings is 1. The van der Waals surface area contributed by atoms with E-state index in [-0.39, 0.29) is 17.9 Å². The van der Waals surface area contributed by atoms with Crippen LogP contribution in [-0.2, 0) is 16.1 Å². The average Bonchev–Trinajstić information content (AvgIpc) is 3.12. The third-order valence-corrected chi connectivity index (χ3v) is 5.24. The molecule has 1 aromatic heterocycles. The number of unbranched alkanes of at least 4 members (excludes halogenated alkanes) is 2. The van der Waals surface area contributed by atoms with Crippen LogP contribution in [0.5, 0.6) is 0 Å². The molecule has 0 radical (unpaired) electrons. The van der Waals surface area contributed by atoms with Crippen molar-refractivity contribution < 1.29 is 9.59 Å². The molecule has 0 aliphatic heterocycles. The molecule has 0 aliphatic carbocycles. The van der Waals surface area contributed by atoms with E-state index in [4.69, 9.17) is 0 Å². The van der Waals surface area contributed by atoms with E-state index in [0.29, 0.717) is 25.9 Å². The SMILES string of the molecule is CCCN(C(=O)CCCCCN(C)C)[C@@H](CC)C(=O)NCc1cccs1. The maximum atomic E-state index is 12.7. The lowest BCUT2D eigenvalue weighted by Gasteiger charge is -2.30. The van der Waals surface area contributed by atoms with Crippen molar-refractivity contribution in [2.24, 2.45) is 0 Å². The first-order valence-corrected chi connectivity index (χ1v) is 10.6. The van der Waals surface area contributed by atoms with Gasteiger partial charge in [0.2, 0.25) is 11.8 Å². The summed E-state index contributed by atoms with van der Waals surface area (Å²) in [6, 6.07) is 3.62. The van der Waals surface area contributed by atoms with Gasteiger partial charge in [-0.25, -0.2) is 0 Å². The molecule has 2 amide bonds. The van der Waals surface area contributed by atoms with Crippen LogP contribution in [0.2, 0.25) is 0 Å². The summed E-state index contributed by atoms with van der Waals surface area (Å²) in [5, 5.41) is 4.99. The van der Waals surface area contributed by atoms with Crippen LogP contribution in [0, 0.1) is 0 Å². The van der Waals surface area contributed by atoms with Crippen LogP contribution in [0.25, 0.3) is 0 Å². The predicted molar refractivity (Wildman–Crippen MR) is 109 cm³/mol. The summed E-state index contributed by atoms with van der Waals surface area (Å²) >= 11 is 1.63. The number of hydrogen-bond donors (Lipinski definition) is 1. The molecular weight excluding hydrogens is 346 g/mol. The van der Waals surface area contributed by atoms with Gasteiger partial charge in [-0.3, -0.25) is 9.59 Å². The molecule has 1 atom stereocenters. The van der Waals surface area contributed by atoms with Gasteiger partial charge in [0, 0.05) is 17.8 Å². The van der Waals surface area contributed by atoms with Crippen molar-refractivity contribution in [3.8, 4) is 0 Å². The summed E-state index contributed by atoms with van der Waals surface area (Å²) in [5.74, 6) is 0.0603. The molecule has 0 saturated carbocycles. The van der Waals surface area contributed by atoms with E-state index in [0.717, 1.165) is 37.1 Å². The Bertz CT molecular complexity index is 517. The molecular formula is C20H35N3O2S. The van der Waals surface area contributed by atoms with Gasteiger partial charge < -0.3 is 15.1 Å². The molecule has 0 aliphatic rings. The lowest BCUT2D eigenvalue weighted by atomic mass is 10.1. The molecule has 0 fully saturated rings. The Balaban J connectivity index is 2.53. The van der Waals surface area contributed by atoms with Gasteiger partial charge in [-0.05, 0) is 57.8 Å². The number of rotatable bonds is 13. The van der Waals surface area contributed by atoms with Crippen molar-refractivity contribution >= 4 is 23.2 Å². The lowest BCUT2D eigenvalue weighted by Crippen LogP contribution is -2.49. The molecule has 0 bridgehead atoms. The number of carbonyl (C=O) groups is 2. The fraction of sp³-hybridized carbons (Fsp3) is 0.700. The number of nitrogens with zero attached hydrogens (tertiary/aromatic N) is 2. The van der Waals surface area contributed by atoms with Crippen molar-refractivity contribution in [2.45, 2.75) is 65.0 Å². The predicted octanol–water partition coefficient (Wildman–Crippen LogP) is 3.50. The van der Waals surface area contributed by atoms with Crippen molar-refractivity contribution in [3.05, 3.63) is 22.4 Å². The van der Waals surface area contributed by atoms with Gasteiger partial charge in [-0.1, -0.05) is 26.3 Å². The normalized spacial score (nSPS) is 12.2. The monoisotopic (exact) mass is 381 g/mol. The molecule has 1 aromatic rings. The van der Waals surface area contributed by atoms with Crippen LogP contribution < -0.4 is 5.32 Å². The second-order valence-electron chi connectivity index (χ2n) is 6.92. The van der Waals surface area contributed by atoms with Crippen molar-refractivity contribution in [1.82, 2.24) is 15.1 Å².